The fourth-order valence-electron chi connectivity index (χ4n) is 0.831. The van der Waals surface area contributed by atoms with Gasteiger partial charge in [0, 0.05) is 11.5 Å². The maximum absolute atomic E-state index is 13.2. The normalized spacial score (nSPS) is 31.6. The first-order chi connectivity index (χ1) is 4.66. The average molecular weight is 159 g/mol. The minimum atomic E-state index is -1.42. The van der Waals surface area contributed by atoms with Crippen LogP contribution in [0.25, 0.3) is 0 Å². The molecule has 0 saturated carbocycles. The summed E-state index contributed by atoms with van der Waals surface area (Å²) >= 11 is 5.57. The van der Waals surface area contributed by atoms with Gasteiger partial charge in [0.05, 0.1) is 0 Å². The van der Waals surface area contributed by atoms with Gasteiger partial charge in [-0.3, -0.25) is 0 Å². The second-order valence-electron chi connectivity index (χ2n) is 2.27. The Morgan fingerprint density at radius 2 is 2.50 bits per heavy atom. The van der Waals surface area contributed by atoms with Crippen LogP contribution >= 0.6 is 11.6 Å². The minimum Gasteiger partial charge on any atom is -0.234 e. The molecule has 0 radical (unpaired) electrons. The molecule has 0 aromatic heterocycles. The van der Waals surface area contributed by atoms with Crippen LogP contribution in [0.15, 0.2) is 35.9 Å². The lowest BCUT2D eigenvalue weighted by Gasteiger charge is -2.17. The molecule has 0 spiro atoms. The summed E-state index contributed by atoms with van der Waals surface area (Å²) in [7, 11) is 0. The van der Waals surface area contributed by atoms with Crippen molar-refractivity contribution in [3.8, 4) is 0 Å². The summed E-state index contributed by atoms with van der Waals surface area (Å²) in [5, 5.41) is 0.439. The Kier molecular flexibility index (Phi) is 1.95. The van der Waals surface area contributed by atoms with E-state index < -0.39 is 5.67 Å². The van der Waals surface area contributed by atoms with E-state index in [1.165, 1.54) is 12.2 Å². The predicted molar refractivity (Wildman–Crippen MR) is 41.7 cm³/mol. The zero-order valence-electron chi connectivity index (χ0n) is 5.48. The third-order valence-electron chi connectivity index (χ3n) is 1.42. The van der Waals surface area contributed by atoms with E-state index in [4.69, 9.17) is 11.6 Å². The topological polar surface area (TPSA) is 0 Å². The van der Waals surface area contributed by atoms with E-state index in [1.807, 2.05) is 0 Å². The molecule has 1 unspecified atom stereocenters. The Bertz CT molecular complexity index is 205. The van der Waals surface area contributed by atoms with E-state index in [0.29, 0.717) is 11.5 Å². The van der Waals surface area contributed by atoms with Crippen LogP contribution in [0, 0.1) is 0 Å². The molecule has 0 aromatic rings. The Labute approximate surface area is 64.7 Å². The maximum atomic E-state index is 13.2. The molecule has 1 aliphatic rings. The van der Waals surface area contributed by atoms with Crippen molar-refractivity contribution in [1.29, 1.82) is 0 Å². The molecule has 0 aliphatic heterocycles. The third kappa shape index (κ3) is 1.48. The van der Waals surface area contributed by atoms with E-state index in [-0.39, 0.29) is 0 Å². The second-order valence-corrected chi connectivity index (χ2v) is 2.70. The van der Waals surface area contributed by atoms with Crippen LogP contribution in [-0.2, 0) is 0 Å². The van der Waals surface area contributed by atoms with Gasteiger partial charge in [0.1, 0.15) is 0 Å². The summed E-state index contributed by atoms with van der Waals surface area (Å²) in [4.78, 5) is 0. The highest BCUT2D eigenvalue weighted by molar-refractivity contribution is 6.31. The predicted octanol–water partition coefficient (Wildman–Crippen LogP) is 2.96. The number of rotatable bonds is 1. The van der Waals surface area contributed by atoms with Crippen LogP contribution < -0.4 is 0 Å². The van der Waals surface area contributed by atoms with Gasteiger partial charge in [0.2, 0.25) is 0 Å². The SMILES string of the molecule is C=CC1(F)C=C(Cl)C=CC1. The van der Waals surface area contributed by atoms with Gasteiger partial charge >= 0.3 is 0 Å². The molecule has 0 saturated heterocycles. The fourth-order valence-corrected chi connectivity index (χ4v) is 1.10. The summed E-state index contributed by atoms with van der Waals surface area (Å²) < 4.78 is 13.2. The maximum Gasteiger partial charge on any atom is 0.152 e. The van der Waals surface area contributed by atoms with Crippen molar-refractivity contribution < 1.29 is 4.39 Å². The van der Waals surface area contributed by atoms with Crippen LogP contribution in [-0.4, -0.2) is 5.67 Å². The largest absolute Gasteiger partial charge is 0.234 e. The monoisotopic (exact) mass is 158 g/mol. The van der Waals surface area contributed by atoms with Crippen molar-refractivity contribution >= 4 is 11.6 Å². The van der Waals surface area contributed by atoms with Crippen molar-refractivity contribution in [3.05, 3.63) is 35.9 Å². The van der Waals surface area contributed by atoms with Crippen LogP contribution in [0.2, 0.25) is 0 Å². The molecular formula is C8H8ClF. The summed E-state index contributed by atoms with van der Waals surface area (Å²) in [6.45, 7) is 3.38. The summed E-state index contributed by atoms with van der Waals surface area (Å²) in [6, 6.07) is 0. The lowest BCUT2D eigenvalue weighted by molar-refractivity contribution is 0.300. The number of hydrogen-bond acceptors (Lipinski definition) is 0. The number of halogens is 2. The van der Waals surface area contributed by atoms with Gasteiger partial charge in [-0.25, -0.2) is 4.39 Å². The van der Waals surface area contributed by atoms with Gasteiger partial charge in [-0.2, -0.15) is 0 Å². The van der Waals surface area contributed by atoms with E-state index in [9.17, 15) is 4.39 Å². The van der Waals surface area contributed by atoms with Gasteiger partial charge in [-0.1, -0.05) is 30.3 Å². The molecule has 1 atom stereocenters. The molecule has 54 valence electrons. The van der Waals surface area contributed by atoms with E-state index in [0.717, 1.165) is 0 Å². The first-order valence-electron chi connectivity index (χ1n) is 3.04. The van der Waals surface area contributed by atoms with Crippen molar-refractivity contribution in [1.82, 2.24) is 0 Å². The Hall–Kier alpha value is -0.560. The molecule has 0 heterocycles. The van der Waals surface area contributed by atoms with Crippen molar-refractivity contribution in [2.75, 3.05) is 0 Å². The molecule has 0 fully saturated rings. The first-order valence-corrected chi connectivity index (χ1v) is 3.41. The van der Waals surface area contributed by atoms with Crippen LogP contribution in [0.3, 0.4) is 0 Å². The van der Waals surface area contributed by atoms with E-state index in [1.54, 1.807) is 12.2 Å². The second kappa shape index (κ2) is 2.59. The van der Waals surface area contributed by atoms with E-state index in [2.05, 4.69) is 6.58 Å². The van der Waals surface area contributed by atoms with Crippen molar-refractivity contribution in [3.63, 3.8) is 0 Å². The first kappa shape index (κ1) is 7.55. The van der Waals surface area contributed by atoms with Crippen molar-refractivity contribution in [2.45, 2.75) is 12.1 Å². The molecule has 10 heavy (non-hydrogen) atoms. The van der Waals surface area contributed by atoms with Gasteiger partial charge in [0.25, 0.3) is 0 Å². The Balaban J connectivity index is 2.86. The van der Waals surface area contributed by atoms with Gasteiger partial charge in [0.15, 0.2) is 5.67 Å². The molecule has 1 aliphatic carbocycles. The zero-order chi connectivity index (χ0) is 7.61. The number of alkyl halides is 1. The summed E-state index contributed by atoms with van der Waals surface area (Å²) in [5.74, 6) is 0. The highest BCUT2D eigenvalue weighted by Crippen LogP contribution is 2.27. The molecule has 0 bridgehead atoms. The quantitative estimate of drug-likeness (QED) is 0.515. The smallest absolute Gasteiger partial charge is 0.152 e. The standard InChI is InChI=1S/C8H8ClF/c1-2-8(10)5-3-4-7(9)6-8/h2-4,6H,1,5H2. The van der Waals surface area contributed by atoms with Crippen LogP contribution in [0.4, 0.5) is 4.39 Å². The average Bonchev–Trinajstić information content (AvgIpc) is 1.88. The molecule has 0 nitrogen and oxygen atoms in total. The zero-order valence-corrected chi connectivity index (χ0v) is 6.24. The lowest BCUT2D eigenvalue weighted by atomic mass is 9.98. The number of hydrogen-bond donors (Lipinski definition) is 0. The summed E-state index contributed by atoms with van der Waals surface area (Å²) in [6.07, 6.45) is 6.35. The molecule has 0 N–H and O–H groups in total. The fraction of sp³-hybridized carbons (Fsp3) is 0.250. The molecule has 2 heteroatoms. The van der Waals surface area contributed by atoms with Crippen molar-refractivity contribution in [2.24, 2.45) is 0 Å². The highest BCUT2D eigenvalue weighted by Gasteiger charge is 2.23. The van der Waals surface area contributed by atoms with Gasteiger partial charge < -0.3 is 0 Å². The highest BCUT2D eigenvalue weighted by atomic mass is 35.5. The molecule has 1 rings (SSSR count). The Morgan fingerprint density at radius 3 is 2.90 bits per heavy atom. The van der Waals surface area contributed by atoms with Gasteiger partial charge in [-0.05, 0) is 12.2 Å². The Morgan fingerprint density at radius 1 is 1.80 bits per heavy atom. The third-order valence-corrected chi connectivity index (χ3v) is 1.66. The lowest BCUT2D eigenvalue weighted by Crippen LogP contribution is -2.16. The minimum absolute atomic E-state index is 0.340. The van der Waals surface area contributed by atoms with Crippen LogP contribution in [0.5, 0.6) is 0 Å². The molecule has 0 amide bonds. The number of allylic oxidation sites excluding steroid dienone is 5. The van der Waals surface area contributed by atoms with E-state index >= 15 is 0 Å². The molecular weight excluding hydrogens is 151 g/mol. The van der Waals surface area contributed by atoms with Crippen LogP contribution in [0.1, 0.15) is 6.42 Å². The summed E-state index contributed by atoms with van der Waals surface area (Å²) in [5.41, 5.74) is -1.42. The van der Waals surface area contributed by atoms with Gasteiger partial charge in [-0.15, -0.1) is 0 Å². The molecule has 0 aromatic carbocycles.